The van der Waals surface area contributed by atoms with Crippen LogP contribution < -0.4 is 0 Å². The number of imidazole rings is 2. The molecule has 3 aromatic heterocycles. The summed E-state index contributed by atoms with van der Waals surface area (Å²) in [6, 6.07) is 0. The van der Waals surface area contributed by atoms with Crippen molar-refractivity contribution in [3.63, 3.8) is 0 Å². The van der Waals surface area contributed by atoms with Crippen LogP contribution in [0.2, 0.25) is 0 Å². The molecule has 3 aromatic rings. The highest BCUT2D eigenvalue weighted by atomic mass is 32.1. The van der Waals surface area contributed by atoms with Gasteiger partial charge in [0.1, 0.15) is 6.33 Å². The van der Waals surface area contributed by atoms with E-state index in [9.17, 15) is 0 Å². The third-order valence-corrected chi connectivity index (χ3v) is 6.02. The van der Waals surface area contributed by atoms with Gasteiger partial charge in [0, 0.05) is 34.2 Å². The third kappa shape index (κ3) is 4.15. The van der Waals surface area contributed by atoms with E-state index in [0.29, 0.717) is 0 Å². The Morgan fingerprint density at radius 1 is 1.00 bits per heavy atom. The van der Waals surface area contributed by atoms with Gasteiger partial charge in [0.2, 0.25) is 0 Å². The molecule has 0 saturated carbocycles. The van der Waals surface area contributed by atoms with E-state index < -0.39 is 0 Å². The minimum Gasteiger partial charge on any atom is -0.346 e. The van der Waals surface area contributed by atoms with Gasteiger partial charge < -0.3 is 4.98 Å². The van der Waals surface area contributed by atoms with E-state index in [4.69, 9.17) is 4.98 Å². The minimum absolute atomic E-state index is 0.0151. The Morgan fingerprint density at radius 3 is 2.26 bits per heavy atom. The summed E-state index contributed by atoms with van der Waals surface area (Å²) in [6.45, 7) is 17.6. The van der Waals surface area contributed by atoms with Crippen molar-refractivity contribution in [1.82, 2.24) is 24.5 Å². The predicted molar refractivity (Wildman–Crippen MR) is 112 cm³/mol. The first-order chi connectivity index (χ1) is 12.4. The van der Waals surface area contributed by atoms with Gasteiger partial charge in [-0.25, -0.2) is 15.0 Å². The van der Waals surface area contributed by atoms with Gasteiger partial charge in [-0.15, -0.1) is 11.3 Å². The smallest absolute Gasteiger partial charge is 0.159 e. The van der Waals surface area contributed by atoms with Gasteiger partial charge in [-0.05, 0) is 0 Å². The Kier molecular flexibility index (Phi) is 4.83. The lowest BCUT2D eigenvalue weighted by Crippen LogP contribution is -2.23. The molecule has 0 aliphatic heterocycles. The molecular weight excluding hydrogens is 354 g/mol. The Balaban J connectivity index is 1.89. The van der Waals surface area contributed by atoms with Crippen molar-refractivity contribution >= 4 is 11.3 Å². The fourth-order valence-electron chi connectivity index (χ4n) is 3.08. The molecule has 0 bridgehead atoms. The lowest BCUT2D eigenvalue weighted by Gasteiger charge is -2.24. The molecule has 0 saturated heterocycles. The minimum atomic E-state index is -0.124. The first-order valence-corrected chi connectivity index (χ1v) is 10.3. The zero-order chi connectivity index (χ0) is 20.0. The monoisotopic (exact) mass is 385 g/mol. The zero-order valence-electron chi connectivity index (χ0n) is 17.7. The Bertz CT molecular complexity index is 915. The summed E-state index contributed by atoms with van der Waals surface area (Å²) in [6.07, 6.45) is 6.56. The Labute approximate surface area is 166 Å². The number of aromatic nitrogens is 5. The summed E-state index contributed by atoms with van der Waals surface area (Å²) >= 11 is 1.75. The summed E-state index contributed by atoms with van der Waals surface area (Å²) in [5, 5.41) is 3.37. The highest BCUT2D eigenvalue weighted by molar-refractivity contribution is 7.09. The van der Waals surface area contributed by atoms with Crippen molar-refractivity contribution in [3.8, 4) is 5.82 Å². The second-order valence-corrected chi connectivity index (χ2v) is 10.8. The van der Waals surface area contributed by atoms with Gasteiger partial charge >= 0.3 is 0 Å². The Morgan fingerprint density at radius 2 is 1.70 bits per heavy atom. The van der Waals surface area contributed by atoms with Crippen LogP contribution in [0.4, 0.5) is 0 Å². The lowest BCUT2D eigenvalue weighted by molar-refractivity contribution is 0.496. The predicted octanol–water partition coefficient (Wildman–Crippen LogP) is 5.17. The lowest BCUT2D eigenvalue weighted by atomic mass is 9.84. The molecule has 27 heavy (non-hydrogen) atoms. The van der Waals surface area contributed by atoms with Crippen LogP contribution in [-0.2, 0) is 22.7 Å². The van der Waals surface area contributed by atoms with Crippen molar-refractivity contribution < 1.29 is 0 Å². The molecule has 0 amide bonds. The highest BCUT2D eigenvalue weighted by Crippen LogP contribution is 2.33. The van der Waals surface area contributed by atoms with Gasteiger partial charge in [0.05, 0.1) is 28.4 Å². The third-order valence-electron chi connectivity index (χ3n) is 4.71. The van der Waals surface area contributed by atoms with E-state index in [1.807, 2.05) is 10.9 Å². The summed E-state index contributed by atoms with van der Waals surface area (Å²) < 4.78 is 2.02. The van der Waals surface area contributed by atoms with E-state index in [-0.39, 0.29) is 16.2 Å². The molecule has 6 heteroatoms. The molecular formula is C21H31N5S. The summed E-state index contributed by atoms with van der Waals surface area (Å²) in [7, 11) is 0. The molecule has 0 unspecified atom stereocenters. The molecule has 0 atom stereocenters. The summed E-state index contributed by atoms with van der Waals surface area (Å²) in [5.41, 5.74) is 3.28. The molecule has 5 nitrogen and oxygen atoms in total. The molecule has 3 rings (SSSR count). The quantitative estimate of drug-likeness (QED) is 0.674. The number of thiazole rings is 1. The van der Waals surface area contributed by atoms with Crippen LogP contribution in [0.15, 0.2) is 24.2 Å². The largest absolute Gasteiger partial charge is 0.346 e. The second-order valence-electron chi connectivity index (χ2n) is 9.97. The number of hydrogen-bond donors (Lipinski definition) is 1. The molecule has 3 heterocycles. The molecule has 0 aliphatic carbocycles. The molecule has 0 fully saturated rings. The Hall–Kier alpha value is -1.95. The highest BCUT2D eigenvalue weighted by Gasteiger charge is 2.29. The molecule has 1 N–H and O–H groups in total. The fourth-order valence-corrected chi connectivity index (χ4v) is 3.99. The van der Waals surface area contributed by atoms with Gasteiger partial charge in [-0.2, -0.15) is 0 Å². The second kappa shape index (κ2) is 6.59. The number of nitrogens with one attached hydrogen (secondary N) is 1. The number of H-pyrrole nitrogens is 1. The van der Waals surface area contributed by atoms with Crippen molar-refractivity contribution in [2.24, 2.45) is 0 Å². The molecule has 0 radical (unpaired) electrons. The van der Waals surface area contributed by atoms with Crippen molar-refractivity contribution in [2.45, 2.75) is 78.1 Å². The van der Waals surface area contributed by atoms with Crippen LogP contribution in [0.3, 0.4) is 0 Å². The van der Waals surface area contributed by atoms with Crippen LogP contribution in [0, 0.1) is 0 Å². The molecule has 0 aliphatic rings. The molecule has 0 spiro atoms. The van der Waals surface area contributed by atoms with Crippen molar-refractivity contribution in [2.75, 3.05) is 0 Å². The van der Waals surface area contributed by atoms with E-state index in [1.165, 1.54) is 5.01 Å². The maximum Gasteiger partial charge on any atom is 0.159 e. The maximum absolute atomic E-state index is 4.88. The topological polar surface area (TPSA) is 59.4 Å². The normalized spacial score (nSPS) is 13.3. The van der Waals surface area contributed by atoms with Gasteiger partial charge in [-0.1, -0.05) is 55.4 Å². The molecule has 146 valence electrons. The van der Waals surface area contributed by atoms with Crippen molar-refractivity contribution in [3.05, 3.63) is 46.3 Å². The van der Waals surface area contributed by atoms with Gasteiger partial charge in [0.15, 0.2) is 5.82 Å². The first kappa shape index (κ1) is 19.8. The van der Waals surface area contributed by atoms with Crippen LogP contribution in [0.25, 0.3) is 5.82 Å². The van der Waals surface area contributed by atoms with Crippen molar-refractivity contribution in [1.29, 1.82) is 0 Å². The summed E-state index contributed by atoms with van der Waals surface area (Å²) in [5.74, 6) is 0.911. The van der Waals surface area contributed by atoms with Gasteiger partial charge in [-0.3, -0.25) is 4.57 Å². The average Bonchev–Trinajstić information content (AvgIpc) is 3.25. The fraction of sp³-hybridized carbons (Fsp3) is 0.571. The number of aromatic amines is 1. The van der Waals surface area contributed by atoms with Crippen LogP contribution >= 0.6 is 11.3 Å². The van der Waals surface area contributed by atoms with E-state index in [2.05, 4.69) is 81.9 Å². The standard InChI is InChI=1S/C21H31N5S/c1-19(2,3)15-10-26(13-24-15)17-16(22-12-23-17)21(7,8)9-14-11-27-18(25-14)20(4,5)6/h10-13H,9H2,1-8H3,(H,22,23). The summed E-state index contributed by atoms with van der Waals surface area (Å²) in [4.78, 5) is 17.4. The maximum atomic E-state index is 4.88. The average molecular weight is 386 g/mol. The van der Waals surface area contributed by atoms with Crippen LogP contribution in [-0.4, -0.2) is 24.5 Å². The van der Waals surface area contributed by atoms with Crippen LogP contribution in [0.5, 0.6) is 0 Å². The SMILES string of the molecule is CC(C)(C)c1cn(-c2nc[nH]c2C(C)(C)Cc2csc(C(C)(C)C)n2)cn1. The number of nitrogens with zero attached hydrogens (tertiary/aromatic N) is 4. The van der Waals surface area contributed by atoms with Gasteiger partial charge in [0.25, 0.3) is 0 Å². The van der Waals surface area contributed by atoms with E-state index in [0.717, 1.165) is 29.3 Å². The first-order valence-electron chi connectivity index (χ1n) is 9.41. The number of hydrogen-bond acceptors (Lipinski definition) is 4. The van der Waals surface area contributed by atoms with E-state index >= 15 is 0 Å². The number of rotatable bonds is 4. The zero-order valence-corrected chi connectivity index (χ0v) is 18.5. The van der Waals surface area contributed by atoms with Crippen LogP contribution in [0.1, 0.15) is 77.5 Å². The van der Waals surface area contributed by atoms with E-state index in [1.54, 1.807) is 17.7 Å². The molecule has 0 aromatic carbocycles.